The fraction of sp³-hybridized carbons (Fsp3) is 0.429. The maximum absolute atomic E-state index is 12.3. The number of aliphatic carboxylic acids is 3. The van der Waals surface area contributed by atoms with Crippen LogP contribution in [-0.2, 0) is 32.1 Å². The van der Waals surface area contributed by atoms with E-state index in [0.29, 0.717) is 41.7 Å². The van der Waals surface area contributed by atoms with Gasteiger partial charge in [-0.25, -0.2) is 19.4 Å². The van der Waals surface area contributed by atoms with Crippen molar-refractivity contribution in [3.05, 3.63) is 28.5 Å². The Kier molecular flexibility index (Phi) is 15.0. The van der Waals surface area contributed by atoms with Gasteiger partial charge in [0, 0.05) is 43.5 Å². The summed E-state index contributed by atoms with van der Waals surface area (Å²) in [6, 6.07) is 1.06. The van der Waals surface area contributed by atoms with Crippen molar-refractivity contribution >= 4 is 35.4 Å². The summed E-state index contributed by atoms with van der Waals surface area (Å²) in [5.41, 5.74) is 14.5. The van der Waals surface area contributed by atoms with Crippen molar-refractivity contribution in [3.63, 3.8) is 0 Å². The SMILES string of the molecule is COc1ncc(Cl)cc1-c1n[nH]c2c1CN(C(=O)[C@@H](N)CN)CC2.O=C(O)C(F)(F)F.O=C(O)C(F)(F)F.O=C(O)C(F)(F)F. The summed E-state index contributed by atoms with van der Waals surface area (Å²) in [6.07, 6.45) is -13.1. The Hall–Kier alpha value is -4.38. The fourth-order valence-corrected chi connectivity index (χ4v) is 2.96. The lowest BCUT2D eigenvalue weighted by atomic mass is 10.0. The molecule has 1 aliphatic heterocycles. The number of rotatable bonds is 4. The molecule has 1 aliphatic rings. The minimum atomic E-state index is -5.08. The molecule has 2 aromatic rings. The van der Waals surface area contributed by atoms with Gasteiger partial charge in [-0.3, -0.25) is 9.89 Å². The number of carboxylic acids is 3. The fourth-order valence-electron chi connectivity index (χ4n) is 2.80. The number of amides is 1. The zero-order chi connectivity index (χ0) is 35.5. The molecule has 1 atom stereocenters. The number of ether oxygens (including phenoxy) is 1. The predicted molar refractivity (Wildman–Crippen MR) is 131 cm³/mol. The summed E-state index contributed by atoms with van der Waals surface area (Å²) in [7, 11) is 1.54. The highest BCUT2D eigenvalue weighted by atomic mass is 35.5. The maximum Gasteiger partial charge on any atom is 0.490 e. The number of carboxylic acid groups (broad SMARTS) is 3. The Balaban J connectivity index is 0.000000753. The van der Waals surface area contributed by atoms with Gasteiger partial charge in [0.25, 0.3) is 0 Å². The smallest absolute Gasteiger partial charge is 0.481 e. The average molecular weight is 693 g/mol. The minimum absolute atomic E-state index is 0.118. The first-order chi connectivity index (χ1) is 20.4. The molecule has 24 heteroatoms. The predicted octanol–water partition coefficient (Wildman–Crippen LogP) is 2.20. The highest BCUT2D eigenvalue weighted by Gasteiger charge is 2.39. The summed E-state index contributed by atoms with van der Waals surface area (Å²) in [4.78, 5) is 44.9. The largest absolute Gasteiger partial charge is 0.490 e. The van der Waals surface area contributed by atoms with Crippen LogP contribution in [0, 0.1) is 0 Å². The third-order valence-electron chi connectivity index (χ3n) is 4.81. The minimum Gasteiger partial charge on any atom is -0.481 e. The van der Waals surface area contributed by atoms with E-state index in [1.54, 1.807) is 11.0 Å². The standard InChI is InChI=1S/C15H19ClN6O2.3C2HF3O2/c1-24-14-9(4-8(16)6-19-14)13-10-7-22(15(23)11(18)5-17)3-2-12(10)20-21-13;3*3-2(4,5)1(6)7/h4,6,11H,2-3,5,7,17-18H2,1H3,(H,20,21);3*(H,6,7)/t11-;;;/m0.../s1. The van der Waals surface area contributed by atoms with Crippen molar-refractivity contribution in [2.45, 2.75) is 37.5 Å². The lowest BCUT2D eigenvalue weighted by molar-refractivity contribution is -0.193. The van der Waals surface area contributed by atoms with E-state index in [4.69, 9.17) is 57.5 Å². The number of nitrogens with two attached hydrogens (primary N) is 2. The molecule has 1 amide bonds. The molecule has 3 heterocycles. The highest BCUT2D eigenvalue weighted by molar-refractivity contribution is 6.30. The number of carbonyl (C=O) groups excluding carboxylic acids is 1. The molecule has 0 aliphatic carbocycles. The number of alkyl halides is 9. The molecule has 0 bridgehead atoms. The number of aromatic amines is 1. The first-order valence-corrected chi connectivity index (χ1v) is 11.7. The van der Waals surface area contributed by atoms with Gasteiger partial charge in [-0.05, 0) is 6.07 Å². The third-order valence-corrected chi connectivity index (χ3v) is 5.02. The second kappa shape index (κ2) is 16.6. The molecule has 8 N–H and O–H groups in total. The van der Waals surface area contributed by atoms with Crippen LogP contribution in [0.4, 0.5) is 39.5 Å². The van der Waals surface area contributed by atoms with Crippen molar-refractivity contribution < 1.29 is 78.7 Å². The molecule has 45 heavy (non-hydrogen) atoms. The highest BCUT2D eigenvalue weighted by Crippen LogP contribution is 2.34. The van der Waals surface area contributed by atoms with Crippen LogP contribution < -0.4 is 16.2 Å². The van der Waals surface area contributed by atoms with Gasteiger partial charge >= 0.3 is 36.4 Å². The molecule has 0 aromatic carbocycles. The van der Waals surface area contributed by atoms with Gasteiger partial charge in [0.05, 0.1) is 23.7 Å². The molecule has 0 saturated carbocycles. The van der Waals surface area contributed by atoms with Gasteiger partial charge in [0.2, 0.25) is 11.8 Å². The number of carbonyl (C=O) groups is 4. The Labute approximate surface area is 249 Å². The van der Waals surface area contributed by atoms with E-state index in [1.165, 1.54) is 13.3 Å². The number of aromatic nitrogens is 3. The monoisotopic (exact) mass is 692 g/mol. The molecular weight excluding hydrogens is 671 g/mol. The van der Waals surface area contributed by atoms with Gasteiger partial charge in [-0.2, -0.15) is 44.6 Å². The number of methoxy groups -OCH3 is 1. The van der Waals surface area contributed by atoms with Crippen LogP contribution >= 0.6 is 11.6 Å². The lowest BCUT2D eigenvalue weighted by Crippen LogP contribution is -2.49. The first kappa shape index (κ1) is 40.6. The summed E-state index contributed by atoms with van der Waals surface area (Å²) < 4.78 is 101. The summed E-state index contributed by atoms with van der Waals surface area (Å²) in [5, 5.41) is 29.3. The quantitative estimate of drug-likeness (QED) is 0.253. The van der Waals surface area contributed by atoms with Gasteiger partial charge < -0.3 is 36.4 Å². The normalized spacial score (nSPS) is 13.3. The molecular formula is C21H22ClF9N6O8. The van der Waals surface area contributed by atoms with E-state index in [2.05, 4.69) is 15.2 Å². The molecule has 0 unspecified atom stereocenters. The van der Waals surface area contributed by atoms with Gasteiger partial charge in [-0.15, -0.1) is 0 Å². The van der Waals surface area contributed by atoms with Crippen molar-refractivity contribution in [2.24, 2.45) is 11.5 Å². The van der Waals surface area contributed by atoms with E-state index in [0.717, 1.165) is 11.3 Å². The number of hydrogen-bond donors (Lipinski definition) is 6. The topological polar surface area (TPSA) is 235 Å². The Morgan fingerprint density at radius 2 is 1.44 bits per heavy atom. The molecule has 0 saturated heterocycles. The summed E-state index contributed by atoms with van der Waals surface area (Å²) in [6.45, 7) is 1.10. The van der Waals surface area contributed by atoms with Crippen LogP contribution in [0.15, 0.2) is 12.3 Å². The molecule has 0 radical (unpaired) electrons. The zero-order valence-electron chi connectivity index (χ0n) is 22.2. The second-order valence-corrected chi connectivity index (χ2v) is 8.44. The molecule has 0 fully saturated rings. The van der Waals surface area contributed by atoms with Crippen LogP contribution in [0.3, 0.4) is 0 Å². The second-order valence-electron chi connectivity index (χ2n) is 8.00. The van der Waals surface area contributed by atoms with Crippen molar-refractivity contribution in [1.82, 2.24) is 20.1 Å². The van der Waals surface area contributed by atoms with Crippen LogP contribution in [0.5, 0.6) is 5.88 Å². The molecule has 2 aromatic heterocycles. The third kappa shape index (κ3) is 13.4. The molecule has 3 rings (SSSR count). The van der Waals surface area contributed by atoms with Crippen LogP contribution in [-0.4, -0.2) is 104 Å². The van der Waals surface area contributed by atoms with E-state index in [1.807, 2.05) is 0 Å². The number of H-pyrrole nitrogens is 1. The average Bonchev–Trinajstić information content (AvgIpc) is 3.34. The molecule has 254 valence electrons. The van der Waals surface area contributed by atoms with Crippen molar-refractivity contribution in [1.29, 1.82) is 0 Å². The number of nitrogens with one attached hydrogen (secondary N) is 1. The maximum atomic E-state index is 12.3. The van der Waals surface area contributed by atoms with E-state index in [-0.39, 0.29) is 12.5 Å². The van der Waals surface area contributed by atoms with Gasteiger partial charge in [0.1, 0.15) is 5.69 Å². The Morgan fingerprint density at radius 3 is 1.82 bits per heavy atom. The van der Waals surface area contributed by atoms with Gasteiger partial charge in [0.15, 0.2) is 0 Å². The zero-order valence-corrected chi connectivity index (χ0v) is 23.0. The summed E-state index contributed by atoms with van der Waals surface area (Å²) in [5.74, 6) is -8.00. The van der Waals surface area contributed by atoms with Gasteiger partial charge in [-0.1, -0.05) is 11.6 Å². The van der Waals surface area contributed by atoms with Crippen molar-refractivity contribution in [2.75, 3.05) is 20.2 Å². The summed E-state index contributed by atoms with van der Waals surface area (Å²) >= 11 is 6.06. The van der Waals surface area contributed by atoms with E-state index >= 15 is 0 Å². The van der Waals surface area contributed by atoms with E-state index < -0.39 is 42.5 Å². The number of nitrogens with zero attached hydrogens (tertiary/aromatic N) is 3. The number of hydrogen-bond acceptors (Lipinski definition) is 9. The number of pyridine rings is 1. The molecule has 0 spiro atoms. The van der Waals surface area contributed by atoms with Crippen molar-refractivity contribution in [3.8, 4) is 17.1 Å². The Morgan fingerprint density at radius 1 is 1.00 bits per heavy atom. The number of halogens is 10. The van der Waals surface area contributed by atoms with E-state index in [9.17, 15) is 44.3 Å². The first-order valence-electron chi connectivity index (χ1n) is 11.3. The Bertz CT molecular complexity index is 1280. The van der Waals surface area contributed by atoms with Crippen LogP contribution in [0.25, 0.3) is 11.3 Å². The lowest BCUT2D eigenvalue weighted by Gasteiger charge is -2.29. The van der Waals surface area contributed by atoms with Crippen LogP contribution in [0.1, 0.15) is 11.3 Å². The number of fused-ring (bicyclic) bond motifs is 1. The molecule has 14 nitrogen and oxygen atoms in total. The van der Waals surface area contributed by atoms with Crippen LogP contribution in [0.2, 0.25) is 5.02 Å².